The molecule has 1 saturated heterocycles. The molecule has 0 saturated carbocycles. The number of benzene rings is 2. The van der Waals surface area contributed by atoms with Crippen LogP contribution in [-0.4, -0.2) is 80.7 Å². The number of carbonyl (C=O) groups is 1. The number of nitrogens with one attached hydrogen (secondary N) is 3. The smallest absolute Gasteiger partial charge is 0.361 e. The summed E-state index contributed by atoms with van der Waals surface area (Å²) in [6.45, 7) is 2.67. The molecule has 240 valence electrons. The molecule has 10 nitrogen and oxygen atoms in total. The van der Waals surface area contributed by atoms with Crippen LogP contribution < -0.4 is 16.0 Å². The van der Waals surface area contributed by atoms with Crippen molar-refractivity contribution in [3.8, 4) is 16.9 Å². The van der Waals surface area contributed by atoms with Crippen LogP contribution in [0.25, 0.3) is 16.9 Å². The van der Waals surface area contributed by atoms with Gasteiger partial charge in [0.25, 0.3) is 0 Å². The second-order valence-corrected chi connectivity index (χ2v) is 11.0. The van der Waals surface area contributed by atoms with E-state index >= 15 is 0 Å². The number of aliphatic hydroxyl groups is 1. The van der Waals surface area contributed by atoms with Gasteiger partial charge in [0.05, 0.1) is 11.9 Å². The van der Waals surface area contributed by atoms with Gasteiger partial charge < -0.3 is 20.6 Å². The average Bonchev–Trinajstić information content (AvgIpc) is 3.70. The van der Waals surface area contributed by atoms with Crippen molar-refractivity contribution in [3.05, 3.63) is 83.7 Å². The first-order chi connectivity index (χ1) is 21.4. The average molecular weight is 633 g/mol. The van der Waals surface area contributed by atoms with Gasteiger partial charge in [-0.05, 0) is 42.7 Å². The lowest BCUT2D eigenvalue weighted by molar-refractivity contribution is -0.173. The number of rotatable bonds is 11. The number of nitrogens with zero attached hydrogens (tertiary/aromatic N) is 5. The van der Waals surface area contributed by atoms with E-state index in [1.165, 1.54) is 6.07 Å². The molecule has 3 heterocycles. The predicted molar refractivity (Wildman–Crippen MR) is 156 cm³/mol. The number of para-hydroxylation sites is 1. The van der Waals surface area contributed by atoms with Crippen LogP contribution >= 0.6 is 0 Å². The van der Waals surface area contributed by atoms with Crippen LogP contribution in [-0.2, 0) is 11.8 Å². The summed E-state index contributed by atoms with van der Waals surface area (Å²) >= 11 is 0. The molecule has 0 radical (unpaired) electrons. The molecule has 1 fully saturated rings. The zero-order valence-corrected chi connectivity index (χ0v) is 24.5. The van der Waals surface area contributed by atoms with Gasteiger partial charge in [-0.2, -0.15) is 23.4 Å². The molecule has 3 atom stereocenters. The molecular formula is C30H33F5N8O2. The van der Waals surface area contributed by atoms with Crippen molar-refractivity contribution < 1.29 is 31.9 Å². The first-order valence-electron chi connectivity index (χ1n) is 14.2. The van der Waals surface area contributed by atoms with E-state index in [1.807, 2.05) is 53.7 Å². The maximum Gasteiger partial charge on any atom is 0.471 e. The Hall–Kier alpha value is -4.34. The Morgan fingerprint density at radius 3 is 2.53 bits per heavy atom. The minimum atomic E-state index is -4.98. The minimum absolute atomic E-state index is 0.117. The summed E-state index contributed by atoms with van der Waals surface area (Å²) < 4.78 is 68.9. The highest BCUT2D eigenvalue weighted by molar-refractivity contribution is 5.81. The number of anilines is 1. The number of halogens is 5. The maximum absolute atomic E-state index is 14.1. The number of hydrogen-bond acceptors (Lipinski definition) is 7. The summed E-state index contributed by atoms with van der Waals surface area (Å²) in [6.07, 6.45) is -2.71. The van der Waals surface area contributed by atoms with E-state index in [-0.39, 0.29) is 31.5 Å². The van der Waals surface area contributed by atoms with Gasteiger partial charge in [-0.1, -0.05) is 24.3 Å². The van der Waals surface area contributed by atoms with E-state index in [1.54, 1.807) is 22.6 Å². The Morgan fingerprint density at radius 1 is 1.11 bits per heavy atom. The van der Waals surface area contributed by atoms with Crippen LogP contribution in [0.15, 0.2) is 60.9 Å². The number of alkyl halides is 3. The fourth-order valence-corrected chi connectivity index (χ4v) is 5.58. The molecule has 1 unspecified atom stereocenters. The van der Waals surface area contributed by atoms with Crippen LogP contribution in [0.4, 0.5) is 27.8 Å². The highest BCUT2D eigenvalue weighted by Crippen LogP contribution is 2.34. The highest BCUT2D eigenvalue weighted by atomic mass is 19.4. The molecule has 45 heavy (non-hydrogen) atoms. The van der Waals surface area contributed by atoms with E-state index < -0.39 is 30.1 Å². The van der Waals surface area contributed by atoms with Gasteiger partial charge >= 0.3 is 12.1 Å². The second-order valence-electron chi connectivity index (χ2n) is 11.0. The van der Waals surface area contributed by atoms with Crippen LogP contribution in [0.1, 0.15) is 17.0 Å². The molecule has 2 aromatic carbocycles. The quantitative estimate of drug-likeness (QED) is 0.148. The fourth-order valence-electron chi connectivity index (χ4n) is 5.58. The van der Waals surface area contributed by atoms with E-state index in [0.29, 0.717) is 30.2 Å². The van der Waals surface area contributed by atoms with Gasteiger partial charge in [0.15, 0.2) is 18.0 Å². The van der Waals surface area contributed by atoms with Gasteiger partial charge in [-0.3, -0.25) is 14.8 Å². The van der Waals surface area contributed by atoms with Gasteiger partial charge in [0, 0.05) is 63.0 Å². The number of aliphatic hydroxyl groups excluding tert-OH is 1. The minimum Gasteiger partial charge on any atom is -0.361 e. The Balaban J connectivity index is 1.31. The molecule has 0 aliphatic carbocycles. The lowest BCUT2D eigenvalue weighted by atomic mass is 9.89. The SMILES string of the molecule is Cc1c(-c2cnn(C)c2)nn(-c2ccccc2)c1NC(O)NC[C@@H]1CN(CCNC(=O)C(F)(F)F)C[C@H]1c1ccc(F)c(F)c1. The number of aryl methyl sites for hydroxylation is 1. The third kappa shape index (κ3) is 7.49. The molecular weight excluding hydrogens is 599 g/mol. The topological polar surface area (TPSA) is 112 Å². The van der Waals surface area contributed by atoms with Gasteiger partial charge in [0.1, 0.15) is 11.5 Å². The molecule has 1 aliphatic rings. The number of carbonyl (C=O) groups excluding carboxylic acids is 1. The van der Waals surface area contributed by atoms with Gasteiger partial charge in [0.2, 0.25) is 0 Å². The zero-order chi connectivity index (χ0) is 32.3. The summed E-state index contributed by atoms with van der Waals surface area (Å²) in [5, 5.41) is 28.1. The van der Waals surface area contributed by atoms with E-state index in [9.17, 15) is 31.9 Å². The third-order valence-electron chi connectivity index (χ3n) is 7.81. The molecule has 2 aromatic heterocycles. The Bertz CT molecular complexity index is 1620. The number of amides is 1. The molecule has 0 spiro atoms. The molecule has 15 heteroatoms. The fraction of sp³-hybridized carbons (Fsp3) is 0.367. The Kier molecular flexibility index (Phi) is 9.51. The van der Waals surface area contributed by atoms with Crippen LogP contribution in [0.5, 0.6) is 0 Å². The van der Waals surface area contributed by atoms with Gasteiger partial charge in [-0.25, -0.2) is 13.5 Å². The number of aromatic nitrogens is 4. The van der Waals surface area contributed by atoms with Gasteiger partial charge in [-0.15, -0.1) is 0 Å². The first kappa shape index (κ1) is 32.1. The lowest BCUT2D eigenvalue weighted by Crippen LogP contribution is -2.42. The summed E-state index contributed by atoms with van der Waals surface area (Å²) in [4.78, 5) is 13.1. The van der Waals surface area contributed by atoms with Crippen molar-refractivity contribution in [2.75, 3.05) is 38.0 Å². The molecule has 4 N–H and O–H groups in total. The summed E-state index contributed by atoms with van der Waals surface area (Å²) in [5.41, 5.74) is 3.50. The highest BCUT2D eigenvalue weighted by Gasteiger charge is 2.39. The summed E-state index contributed by atoms with van der Waals surface area (Å²) in [6, 6.07) is 13.0. The van der Waals surface area contributed by atoms with E-state index in [4.69, 9.17) is 5.10 Å². The summed E-state index contributed by atoms with van der Waals surface area (Å²) in [5.74, 6) is -4.06. The zero-order valence-electron chi connectivity index (χ0n) is 24.5. The molecule has 5 rings (SSSR count). The van der Waals surface area contributed by atoms with Crippen molar-refractivity contribution >= 4 is 11.7 Å². The standard InChI is InChI=1S/C30H33F5N8O2/c1-18-26(21-14-38-41(2)15-21)40-43(22-6-4-3-5-7-22)27(18)39-29(45)37-13-20-16-42(11-10-36-28(44)30(33,34)35)17-23(20)19-8-9-24(31)25(32)12-19/h3-9,12,14-15,20,23,29,37,39,45H,10-11,13,16-17H2,1-2H3,(H,36,44)/t20-,23+,29?/m1/s1. The number of hydrogen-bond donors (Lipinski definition) is 4. The second kappa shape index (κ2) is 13.3. The molecule has 1 amide bonds. The monoisotopic (exact) mass is 632 g/mol. The van der Waals surface area contributed by atoms with Crippen LogP contribution in [0, 0.1) is 24.5 Å². The molecule has 4 aromatic rings. The van der Waals surface area contributed by atoms with E-state index in [0.717, 1.165) is 28.9 Å². The Labute approximate surface area is 255 Å². The van der Waals surface area contributed by atoms with Crippen molar-refractivity contribution in [1.82, 2.24) is 35.1 Å². The Morgan fingerprint density at radius 2 is 1.87 bits per heavy atom. The first-order valence-corrected chi connectivity index (χ1v) is 14.2. The molecule has 0 bridgehead atoms. The van der Waals surface area contributed by atoms with Crippen molar-refractivity contribution in [2.45, 2.75) is 25.4 Å². The lowest BCUT2D eigenvalue weighted by Gasteiger charge is -2.23. The van der Waals surface area contributed by atoms with Crippen LogP contribution in [0.2, 0.25) is 0 Å². The number of likely N-dealkylation sites (tertiary alicyclic amines) is 1. The molecule has 1 aliphatic heterocycles. The third-order valence-corrected chi connectivity index (χ3v) is 7.81. The van der Waals surface area contributed by atoms with Crippen molar-refractivity contribution in [2.24, 2.45) is 13.0 Å². The van der Waals surface area contributed by atoms with Crippen molar-refractivity contribution in [1.29, 1.82) is 0 Å². The van der Waals surface area contributed by atoms with Crippen molar-refractivity contribution in [3.63, 3.8) is 0 Å². The van der Waals surface area contributed by atoms with E-state index in [2.05, 4.69) is 15.7 Å². The largest absolute Gasteiger partial charge is 0.471 e. The summed E-state index contributed by atoms with van der Waals surface area (Å²) in [7, 11) is 1.80. The predicted octanol–water partition coefficient (Wildman–Crippen LogP) is 3.53. The van der Waals surface area contributed by atoms with Crippen LogP contribution in [0.3, 0.4) is 0 Å². The normalized spacial score (nSPS) is 17.9. The maximum atomic E-state index is 14.1.